The lowest BCUT2D eigenvalue weighted by molar-refractivity contribution is 0.265. The standard InChI is InChI=1S/C29H33FN4O2/c1-18-16-21(34-14-12-33(3)13-15-34)9-11-24(18)31-19(2)27-22-17-20(8-10-25(22)32-29(27)35)28-23(30)6-5-7-26(28)36-4/h5-11,16-17,29,31-32,35H,12-15H2,1-4H3/b27-19-. The Morgan fingerprint density at radius 1 is 1.08 bits per heavy atom. The Morgan fingerprint density at radius 2 is 1.86 bits per heavy atom. The first kappa shape index (κ1) is 24.2. The monoisotopic (exact) mass is 488 g/mol. The molecule has 0 saturated carbocycles. The molecule has 188 valence electrons. The number of rotatable bonds is 5. The molecule has 0 spiro atoms. The van der Waals surface area contributed by atoms with Crippen molar-refractivity contribution in [2.75, 3.05) is 55.9 Å². The summed E-state index contributed by atoms with van der Waals surface area (Å²) in [5, 5.41) is 17.5. The highest BCUT2D eigenvalue weighted by Crippen LogP contribution is 2.41. The van der Waals surface area contributed by atoms with Crippen LogP contribution in [0.1, 0.15) is 18.1 Å². The van der Waals surface area contributed by atoms with Gasteiger partial charge >= 0.3 is 0 Å². The summed E-state index contributed by atoms with van der Waals surface area (Å²) in [6, 6.07) is 16.9. The van der Waals surface area contributed by atoms with Gasteiger partial charge in [0.2, 0.25) is 0 Å². The lowest BCUT2D eigenvalue weighted by Gasteiger charge is -2.34. The Kier molecular flexibility index (Phi) is 6.60. The van der Waals surface area contributed by atoms with E-state index in [1.54, 1.807) is 12.1 Å². The van der Waals surface area contributed by atoms with E-state index in [0.29, 0.717) is 16.9 Å². The SMILES string of the molecule is COc1cccc(F)c1-c1ccc2c(c1)/C(=C(\C)Nc1ccc(N3CCN(C)CC3)cc1C)C(O)N2. The number of likely N-dealkylation sites (N-methyl/N-ethyl adjacent to an activating group) is 1. The highest BCUT2D eigenvalue weighted by molar-refractivity contribution is 5.91. The molecule has 6 nitrogen and oxygen atoms in total. The van der Waals surface area contributed by atoms with Crippen molar-refractivity contribution in [2.24, 2.45) is 0 Å². The molecule has 7 heteroatoms. The minimum absolute atomic E-state index is 0.350. The molecule has 0 aromatic heterocycles. The van der Waals surface area contributed by atoms with Crippen LogP contribution in [0, 0.1) is 12.7 Å². The maximum Gasteiger partial charge on any atom is 0.153 e. The third kappa shape index (κ3) is 4.52. The molecule has 1 atom stereocenters. The molecule has 2 aliphatic heterocycles. The predicted octanol–water partition coefficient (Wildman–Crippen LogP) is 5.15. The molecule has 3 N–H and O–H groups in total. The van der Waals surface area contributed by atoms with Crippen LogP contribution in [-0.4, -0.2) is 56.6 Å². The average Bonchev–Trinajstić information content (AvgIpc) is 3.20. The number of halogens is 1. The number of ether oxygens (including phenoxy) is 1. The zero-order valence-corrected chi connectivity index (χ0v) is 21.2. The fourth-order valence-electron chi connectivity index (χ4n) is 5.10. The lowest BCUT2D eigenvalue weighted by atomic mass is 9.97. The number of aliphatic hydroxyl groups is 1. The van der Waals surface area contributed by atoms with Gasteiger partial charge in [0.25, 0.3) is 0 Å². The highest BCUT2D eigenvalue weighted by Gasteiger charge is 2.28. The van der Waals surface area contributed by atoms with Crippen LogP contribution < -0.4 is 20.3 Å². The molecule has 5 rings (SSSR count). The molecule has 2 aliphatic rings. The minimum Gasteiger partial charge on any atom is -0.496 e. The number of nitrogens with one attached hydrogen (secondary N) is 2. The van der Waals surface area contributed by atoms with Gasteiger partial charge in [-0.05, 0) is 74.5 Å². The second kappa shape index (κ2) is 9.84. The summed E-state index contributed by atoms with van der Waals surface area (Å²) in [5.41, 5.74) is 7.67. The highest BCUT2D eigenvalue weighted by atomic mass is 19.1. The molecular weight excluding hydrogens is 455 g/mol. The van der Waals surface area contributed by atoms with Gasteiger partial charge in [0, 0.05) is 60.1 Å². The van der Waals surface area contributed by atoms with Crippen molar-refractivity contribution in [3.05, 3.63) is 77.2 Å². The zero-order valence-electron chi connectivity index (χ0n) is 21.2. The predicted molar refractivity (Wildman–Crippen MR) is 145 cm³/mol. The van der Waals surface area contributed by atoms with Gasteiger partial charge in [-0.3, -0.25) is 0 Å². The number of hydrogen-bond acceptors (Lipinski definition) is 6. The van der Waals surface area contributed by atoms with Gasteiger partial charge in [0.05, 0.1) is 12.7 Å². The molecule has 3 aromatic carbocycles. The smallest absolute Gasteiger partial charge is 0.153 e. The summed E-state index contributed by atoms with van der Waals surface area (Å²) < 4.78 is 20.2. The van der Waals surface area contributed by atoms with Crippen LogP contribution in [0.4, 0.5) is 21.5 Å². The summed E-state index contributed by atoms with van der Waals surface area (Å²) in [4.78, 5) is 4.77. The number of anilines is 3. The van der Waals surface area contributed by atoms with Crippen molar-refractivity contribution in [1.29, 1.82) is 0 Å². The molecule has 0 amide bonds. The molecule has 1 fully saturated rings. The normalized spacial score (nSPS) is 19.1. The Hall–Kier alpha value is -3.55. The molecule has 0 aliphatic carbocycles. The van der Waals surface area contributed by atoms with Crippen LogP contribution in [0.3, 0.4) is 0 Å². The number of piperazine rings is 1. The van der Waals surface area contributed by atoms with Crippen molar-refractivity contribution in [1.82, 2.24) is 4.90 Å². The van der Waals surface area contributed by atoms with E-state index in [1.165, 1.54) is 18.9 Å². The maximum absolute atomic E-state index is 14.8. The number of nitrogens with zero attached hydrogens (tertiary/aromatic N) is 2. The molecule has 0 bridgehead atoms. The molecule has 36 heavy (non-hydrogen) atoms. The fraction of sp³-hybridized carbons (Fsp3) is 0.310. The van der Waals surface area contributed by atoms with Crippen molar-refractivity contribution in [3.8, 4) is 16.9 Å². The van der Waals surface area contributed by atoms with E-state index in [2.05, 4.69) is 52.6 Å². The Labute approximate surface area is 212 Å². The van der Waals surface area contributed by atoms with E-state index in [4.69, 9.17) is 4.74 Å². The van der Waals surface area contributed by atoms with E-state index in [0.717, 1.165) is 60.0 Å². The number of aliphatic hydroxyl groups excluding tert-OH is 1. The summed E-state index contributed by atoms with van der Waals surface area (Å²) in [6.07, 6.45) is -0.866. The second-order valence-electron chi connectivity index (χ2n) is 9.58. The molecule has 2 heterocycles. The summed E-state index contributed by atoms with van der Waals surface area (Å²) in [7, 11) is 3.69. The van der Waals surface area contributed by atoms with Gasteiger partial charge in [-0.25, -0.2) is 4.39 Å². The van der Waals surface area contributed by atoms with Crippen LogP contribution in [0.5, 0.6) is 5.75 Å². The third-order valence-electron chi connectivity index (χ3n) is 7.16. The number of allylic oxidation sites excluding steroid dienone is 1. The second-order valence-corrected chi connectivity index (χ2v) is 9.58. The molecule has 1 unspecified atom stereocenters. The topological polar surface area (TPSA) is 60.0 Å². The number of methoxy groups -OCH3 is 1. The van der Waals surface area contributed by atoms with E-state index in [9.17, 15) is 9.50 Å². The van der Waals surface area contributed by atoms with E-state index < -0.39 is 6.23 Å². The van der Waals surface area contributed by atoms with Gasteiger partial charge in [0.15, 0.2) is 6.23 Å². The number of hydrogen-bond donors (Lipinski definition) is 3. The van der Waals surface area contributed by atoms with Gasteiger partial charge in [-0.15, -0.1) is 0 Å². The van der Waals surface area contributed by atoms with Gasteiger partial charge < -0.3 is 30.3 Å². The fourth-order valence-corrected chi connectivity index (χ4v) is 5.10. The van der Waals surface area contributed by atoms with Crippen molar-refractivity contribution < 1.29 is 14.2 Å². The van der Waals surface area contributed by atoms with Gasteiger partial charge in [-0.1, -0.05) is 12.1 Å². The number of aryl methyl sites for hydroxylation is 1. The van der Waals surface area contributed by atoms with Crippen LogP contribution >= 0.6 is 0 Å². The summed E-state index contributed by atoms with van der Waals surface area (Å²) in [6.45, 7) is 8.23. The van der Waals surface area contributed by atoms with E-state index >= 15 is 0 Å². The molecule has 3 aromatic rings. The average molecular weight is 489 g/mol. The molecule has 1 saturated heterocycles. The first-order chi connectivity index (χ1) is 17.4. The van der Waals surface area contributed by atoms with Crippen molar-refractivity contribution in [2.45, 2.75) is 20.1 Å². The quantitative estimate of drug-likeness (QED) is 0.462. The summed E-state index contributed by atoms with van der Waals surface area (Å²) >= 11 is 0. The Morgan fingerprint density at radius 3 is 2.58 bits per heavy atom. The largest absolute Gasteiger partial charge is 0.496 e. The van der Waals surface area contributed by atoms with Gasteiger partial charge in [0.1, 0.15) is 11.6 Å². The Balaban J connectivity index is 1.45. The first-order valence-electron chi connectivity index (χ1n) is 12.3. The van der Waals surface area contributed by atoms with E-state index in [1.807, 2.05) is 25.1 Å². The van der Waals surface area contributed by atoms with Crippen LogP contribution in [0.25, 0.3) is 16.7 Å². The number of fused-ring (bicyclic) bond motifs is 1. The molecule has 0 radical (unpaired) electrons. The molecular formula is C29H33FN4O2. The third-order valence-corrected chi connectivity index (χ3v) is 7.16. The van der Waals surface area contributed by atoms with Crippen LogP contribution in [-0.2, 0) is 0 Å². The maximum atomic E-state index is 14.8. The number of benzene rings is 3. The van der Waals surface area contributed by atoms with E-state index in [-0.39, 0.29) is 5.82 Å². The summed E-state index contributed by atoms with van der Waals surface area (Å²) in [5.74, 6) is 0.121. The van der Waals surface area contributed by atoms with Gasteiger partial charge in [-0.2, -0.15) is 0 Å². The minimum atomic E-state index is -0.866. The Bertz CT molecular complexity index is 1310. The lowest BCUT2D eigenvalue weighted by Crippen LogP contribution is -2.44. The van der Waals surface area contributed by atoms with Crippen LogP contribution in [0.15, 0.2) is 60.3 Å². The van der Waals surface area contributed by atoms with Crippen molar-refractivity contribution in [3.63, 3.8) is 0 Å². The zero-order chi connectivity index (χ0) is 25.4. The van der Waals surface area contributed by atoms with Crippen molar-refractivity contribution >= 4 is 22.6 Å². The first-order valence-corrected chi connectivity index (χ1v) is 12.3. The van der Waals surface area contributed by atoms with Crippen LogP contribution in [0.2, 0.25) is 0 Å².